The summed E-state index contributed by atoms with van der Waals surface area (Å²) in [6.07, 6.45) is 5.87. The fraction of sp³-hybridized carbons (Fsp3) is 0.231. The van der Waals surface area contributed by atoms with Gasteiger partial charge in [-0.05, 0) is 17.9 Å². The molecule has 18 heavy (non-hydrogen) atoms. The number of aromatic nitrogens is 4. The van der Waals surface area contributed by atoms with E-state index in [2.05, 4.69) is 38.5 Å². The van der Waals surface area contributed by atoms with Crippen LogP contribution >= 0.6 is 11.3 Å². The standard InChI is InChI=1S/C13H14N4S/c1-2-4-9-7-14-13(16-9)10-8-15-17-12(10)11-5-3-6-18-11/h3,5-8H,2,4H2,1H3,(H,14,16)(H,15,17). The van der Waals surface area contributed by atoms with E-state index in [4.69, 9.17) is 0 Å². The van der Waals surface area contributed by atoms with Gasteiger partial charge in [0.15, 0.2) is 0 Å². The third kappa shape index (κ3) is 1.97. The molecular weight excluding hydrogens is 244 g/mol. The second-order valence-corrected chi connectivity index (χ2v) is 5.09. The molecule has 3 aromatic heterocycles. The first-order chi connectivity index (χ1) is 8.88. The molecule has 0 amide bonds. The highest BCUT2D eigenvalue weighted by Gasteiger charge is 2.13. The van der Waals surface area contributed by atoms with Crippen molar-refractivity contribution in [3.05, 3.63) is 35.6 Å². The van der Waals surface area contributed by atoms with Crippen molar-refractivity contribution in [3.8, 4) is 22.0 Å². The summed E-state index contributed by atoms with van der Waals surface area (Å²) in [5.41, 5.74) is 3.23. The number of hydrogen-bond donors (Lipinski definition) is 2. The molecule has 0 aromatic carbocycles. The monoisotopic (exact) mass is 258 g/mol. The van der Waals surface area contributed by atoms with Gasteiger partial charge in [0.2, 0.25) is 0 Å². The molecule has 5 heteroatoms. The predicted molar refractivity (Wildman–Crippen MR) is 73.5 cm³/mol. The van der Waals surface area contributed by atoms with Crippen molar-refractivity contribution < 1.29 is 0 Å². The maximum absolute atomic E-state index is 4.44. The van der Waals surface area contributed by atoms with Gasteiger partial charge in [0.1, 0.15) is 5.82 Å². The SMILES string of the molecule is CCCc1cnc(-c2cn[nH]c2-c2cccs2)[nH]1. The summed E-state index contributed by atoms with van der Waals surface area (Å²) in [6, 6.07) is 4.12. The van der Waals surface area contributed by atoms with Crippen LogP contribution in [-0.4, -0.2) is 20.2 Å². The average molecular weight is 258 g/mol. The molecule has 0 saturated carbocycles. The first-order valence-electron chi connectivity index (χ1n) is 6.00. The summed E-state index contributed by atoms with van der Waals surface area (Å²) in [5, 5.41) is 9.24. The molecule has 0 bridgehead atoms. The third-order valence-corrected chi connectivity index (χ3v) is 3.70. The van der Waals surface area contributed by atoms with Gasteiger partial charge in [-0.25, -0.2) is 4.98 Å². The lowest BCUT2D eigenvalue weighted by atomic mass is 10.2. The Hall–Kier alpha value is -1.88. The van der Waals surface area contributed by atoms with Crippen molar-refractivity contribution in [1.29, 1.82) is 0 Å². The molecule has 92 valence electrons. The number of nitrogens with one attached hydrogen (secondary N) is 2. The molecular formula is C13H14N4S. The number of rotatable bonds is 4. The zero-order chi connectivity index (χ0) is 12.4. The molecule has 3 aromatic rings. The van der Waals surface area contributed by atoms with Gasteiger partial charge < -0.3 is 4.98 Å². The Morgan fingerprint density at radius 3 is 3.06 bits per heavy atom. The van der Waals surface area contributed by atoms with E-state index in [9.17, 15) is 0 Å². The lowest BCUT2D eigenvalue weighted by molar-refractivity contribution is 0.893. The van der Waals surface area contributed by atoms with Crippen LogP contribution < -0.4 is 0 Å². The number of hydrogen-bond acceptors (Lipinski definition) is 3. The lowest BCUT2D eigenvalue weighted by Gasteiger charge is -1.97. The minimum absolute atomic E-state index is 0.885. The molecule has 0 aliphatic carbocycles. The van der Waals surface area contributed by atoms with Crippen molar-refractivity contribution >= 4 is 11.3 Å². The largest absolute Gasteiger partial charge is 0.342 e. The summed E-state index contributed by atoms with van der Waals surface area (Å²) in [6.45, 7) is 2.16. The third-order valence-electron chi connectivity index (χ3n) is 2.81. The van der Waals surface area contributed by atoms with Gasteiger partial charge in [-0.2, -0.15) is 5.10 Å². The Balaban J connectivity index is 1.99. The normalized spacial score (nSPS) is 10.9. The molecule has 3 rings (SSSR count). The molecule has 4 nitrogen and oxygen atoms in total. The van der Waals surface area contributed by atoms with Crippen LogP contribution in [0.25, 0.3) is 22.0 Å². The molecule has 0 unspecified atom stereocenters. The second-order valence-electron chi connectivity index (χ2n) is 4.14. The van der Waals surface area contributed by atoms with Gasteiger partial charge in [0, 0.05) is 11.9 Å². The van der Waals surface area contributed by atoms with E-state index in [0.29, 0.717) is 0 Å². The molecule has 0 spiro atoms. The first-order valence-corrected chi connectivity index (χ1v) is 6.88. The zero-order valence-corrected chi connectivity index (χ0v) is 10.9. The van der Waals surface area contributed by atoms with Crippen molar-refractivity contribution in [2.75, 3.05) is 0 Å². The van der Waals surface area contributed by atoms with Gasteiger partial charge in [0.25, 0.3) is 0 Å². The van der Waals surface area contributed by atoms with Crippen molar-refractivity contribution in [1.82, 2.24) is 20.2 Å². The van der Waals surface area contributed by atoms with Crippen LogP contribution in [0.3, 0.4) is 0 Å². The van der Waals surface area contributed by atoms with Crippen LogP contribution in [0.1, 0.15) is 19.0 Å². The summed E-state index contributed by atoms with van der Waals surface area (Å²) in [5.74, 6) is 0.885. The van der Waals surface area contributed by atoms with Gasteiger partial charge in [-0.3, -0.25) is 5.10 Å². The van der Waals surface area contributed by atoms with Gasteiger partial charge in [-0.1, -0.05) is 19.4 Å². The van der Waals surface area contributed by atoms with E-state index in [1.54, 1.807) is 11.3 Å². The molecule has 2 N–H and O–H groups in total. The molecule has 0 fully saturated rings. The average Bonchev–Trinajstić information content (AvgIpc) is 3.10. The number of aromatic amines is 2. The molecule has 0 radical (unpaired) electrons. The second kappa shape index (κ2) is 4.78. The molecule has 0 aliphatic rings. The Bertz CT molecular complexity index is 621. The van der Waals surface area contributed by atoms with E-state index < -0.39 is 0 Å². The quantitative estimate of drug-likeness (QED) is 0.752. The molecule has 0 aliphatic heterocycles. The van der Waals surface area contributed by atoms with Crippen LogP contribution in [0, 0.1) is 0 Å². The fourth-order valence-corrected chi connectivity index (χ4v) is 2.70. The zero-order valence-electron chi connectivity index (χ0n) is 10.1. The number of thiophene rings is 1. The van der Waals surface area contributed by atoms with Crippen molar-refractivity contribution in [2.45, 2.75) is 19.8 Å². The minimum Gasteiger partial charge on any atom is -0.342 e. The van der Waals surface area contributed by atoms with Crippen LogP contribution in [-0.2, 0) is 6.42 Å². The lowest BCUT2D eigenvalue weighted by Crippen LogP contribution is -1.84. The topological polar surface area (TPSA) is 57.4 Å². The first kappa shape index (κ1) is 11.2. The minimum atomic E-state index is 0.885. The Morgan fingerprint density at radius 1 is 1.33 bits per heavy atom. The molecule has 0 saturated heterocycles. The highest BCUT2D eigenvalue weighted by atomic mass is 32.1. The van der Waals surface area contributed by atoms with E-state index in [0.717, 1.165) is 29.9 Å². The van der Waals surface area contributed by atoms with E-state index in [1.165, 1.54) is 10.6 Å². The van der Waals surface area contributed by atoms with Gasteiger partial charge >= 0.3 is 0 Å². The highest BCUT2D eigenvalue weighted by molar-refractivity contribution is 7.13. The Labute approximate surface area is 109 Å². The number of H-pyrrole nitrogens is 2. The molecule has 3 heterocycles. The highest BCUT2D eigenvalue weighted by Crippen LogP contribution is 2.31. The van der Waals surface area contributed by atoms with Crippen molar-refractivity contribution in [3.63, 3.8) is 0 Å². The smallest absolute Gasteiger partial charge is 0.141 e. The Morgan fingerprint density at radius 2 is 2.28 bits per heavy atom. The summed E-state index contributed by atoms with van der Waals surface area (Å²) in [4.78, 5) is 8.97. The Kier molecular flexibility index (Phi) is 2.98. The number of nitrogens with zero attached hydrogens (tertiary/aromatic N) is 2. The fourth-order valence-electron chi connectivity index (χ4n) is 1.97. The maximum Gasteiger partial charge on any atom is 0.141 e. The maximum atomic E-state index is 4.44. The van der Waals surface area contributed by atoms with E-state index in [1.807, 2.05) is 18.5 Å². The van der Waals surface area contributed by atoms with Crippen LogP contribution in [0.2, 0.25) is 0 Å². The van der Waals surface area contributed by atoms with Crippen LogP contribution in [0.5, 0.6) is 0 Å². The van der Waals surface area contributed by atoms with Crippen molar-refractivity contribution in [2.24, 2.45) is 0 Å². The van der Waals surface area contributed by atoms with Crippen LogP contribution in [0.4, 0.5) is 0 Å². The summed E-state index contributed by atoms with van der Waals surface area (Å²) in [7, 11) is 0. The van der Waals surface area contributed by atoms with E-state index in [-0.39, 0.29) is 0 Å². The van der Waals surface area contributed by atoms with Gasteiger partial charge in [0.05, 0.1) is 22.3 Å². The summed E-state index contributed by atoms with van der Waals surface area (Å²) >= 11 is 1.69. The van der Waals surface area contributed by atoms with E-state index >= 15 is 0 Å². The summed E-state index contributed by atoms with van der Waals surface area (Å²) < 4.78 is 0. The number of aryl methyl sites for hydroxylation is 1. The van der Waals surface area contributed by atoms with Crippen LogP contribution in [0.15, 0.2) is 29.9 Å². The van der Waals surface area contributed by atoms with Gasteiger partial charge in [-0.15, -0.1) is 11.3 Å². The number of imidazole rings is 1. The molecule has 0 atom stereocenters. The predicted octanol–water partition coefficient (Wildman–Crippen LogP) is 3.48.